The molecular weight excluding hydrogens is 705 g/mol. The molecule has 1 aliphatic heterocycles. The molecule has 4 heterocycles. The Hall–Kier alpha value is -5.78. The van der Waals surface area contributed by atoms with Gasteiger partial charge in [0.25, 0.3) is 0 Å². The number of carbonyl (C=O) groups is 3. The number of amides is 3. The Balaban J connectivity index is 0.922. The number of fused-ring (bicyclic) bond motifs is 2. The van der Waals surface area contributed by atoms with Crippen LogP contribution in [0.4, 0.5) is 4.79 Å². The van der Waals surface area contributed by atoms with Crippen LogP contribution in [0.25, 0.3) is 33.6 Å². The van der Waals surface area contributed by atoms with E-state index in [0.717, 1.165) is 83.0 Å². The van der Waals surface area contributed by atoms with Gasteiger partial charge in [0.1, 0.15) is 17.7 Å². The highest BCUT2D eigenvalue weighted by molar-refractivity contribution is 5.86. The van der Waals surface area contributed by atoms with Gasteiger partial charge in [0, 0.05) is 24.9 Å². The average Bonchev–Trinajstić information content (AvgIpc) is 4.08. The fourth-order valence-electron chi connectivity index (χ4n) is 9.27. The molecule has 12 heteroatoms. The molecule has 12 nitrogen and oxygen atoms in total. The monoisotopic (exact) mass is 754 g/mol. The van der Waals surface area contributed by atoms with Crippen molar-refractivity contribution in [1.29, 1.82) is 0 Å². The zero-order chi connectivity index (χ0) is 38.9. The third-order valence-corrected chi connectivity index (χ3v) is 12.2. The number of imidazole rings is 2. The van der Waals surface area contributed by atoms with Gasteiger partial charge in [-0.1, -0.05) is 68.4 Å². The van der Waals surface area contributed by atoms with E-state index in [-0.39, 0.29) is 41.7 Å². The van der Waals surface area contributed by atoms with E-state index in [1.54, 1.807) is 6.20 Å². The molecule has 7 atom stereocenters. The molecule has 3 aliphatic rings. The van der Waals surface area contributed by atoms with Gasteiger partial charge < -0.3 is 30.2 Å². The predicted molar refractivity (Wildman–Crippen MR) is 213 cm³/mol. The van der Waals surface area contributed by atoms with Gasteiger partial charge in [-0.05, 0) is 90.7 Å². The summed E-state index contributed by atoms with van der Waals surface area (Å²) >= 11 is 0. The smallest absolute Gasteiger partial charge is 0.407 e. The van der Waals surface area contributed by atoms with Crippen LogP contribution in [-0.4, -0.2) is 67.4 Å². The van der Waals surface area contributed by atoms with Crippen molar-refractivity contribution in [3.05, 3.63) is 103 Å². The summed E-state index contributed by atoms with van der Waals surface area (Å²) < 4.78 is 4.76. The molecule has 1 saturated heterocycles. The molecule has 3 aromatic heterocycles. The van der Waals surface area contributed by atoms with Crippen LogP contribution in [0.3, 0.4) is 0 Å². The Morgan fingerprint density at radius 3 is 2.04 bits per heavy atom. The molecule has 2 aliphatic carbocycles. The van der Waals surface area contributed by atoms with Crippen molar-refractivity contribution in [2.45, 2.75) is 76.9 Å². The first-order valence-electron chi connectivity index (χ1n) is 19.8. The summed E-state index contributed by atoms with van der Waals surface area (Å²) in [5, 5.41) is 5.98. The molecule has 3 fully saturated rings. The van der Waals surface area contributed by atoms with Gasteiger partial charge in [0.05, 0.1) is 48.9 Å². The maximum atomic E-state index is 13.7. The lowest BCUT2D eigenvalue weighted by atomic mass is 9.78. The predicted octanol–water partition coefficient (Wildman–Crippen LogP) is 7.58. The van der Waals surface area contributed by atoms with Crippen molar-refractivity contribution in [3.63, 3.8) is 0 Å². The molecule has 4 unspecified atom stereocenters. The normalized spacial score (nSPS) is 22.6. The highest BCUT2D eigenvalue weighted by atomic mass is 16.5. The number of likely N-dealkylation sites (tertiary alicyclic amines) is 1. The Morgan fingerprint density at radius 2 is 1.41 bits per heavy atom. The first-order valence-corrected chi connectivity index (χ1v) is 19.8. The van der Waals surface area contributed by atoms with Gasteiger partial charge >= 0.3 is 6.09 Å². The first-order chi connectivity index (χ1) is 27.2. The first kappa shape index (κ1) is 37.2. The number of aromatic nitrogens is 5. The lowest BCUT2D eigenvalue weighted by molar-refractivity contribution is -0.135. The molecule has 0 spiro atoms. The number of hydrogen-bond donors (Lipinski definition) is 4. The topological polar surface area (TPSA) is 158 Å². The molecule has 5 aromatic rings. The summed E-state index contributed by atoms with van der Waals surface area (Å²) in [7, 11) is 1.30. The SMILES string of the molecule is COC(=O)N[C@H](C(=O)N1CCC[C@H]1c1ncc(-c2ccc(-c3ccc(-c4cnc([C@@H]5C6CCC(C6)C5C(=O)NC(C)c5cccnc5)[nH]4)cc3)cc2)[nH]1)C(C)C. The van der Waals surface area contributed by atoms with Crippen LogP contribution < -0.4 is 10.6 Å². The minimum atomic E-state index is -0.677. The maximum Gasteiger partial charge on any atom is 0.407 e. The van der Waals surface area contributed by atoms with Gasteiger partial charge in [-0.15, -0.1) is 0 Å². The summed E-state index contributed by atoms with van der Waals surface area (Å²) in [5.41, 5.74) is 7.06. The Labute approximate surface area is 327 Å². The number of H-pyrrole nitrogens is 2. The van der Waals surface area contributed by atoms with Gasteiger partial charge in [-0.2, -0.15) is 0 Å². The fraction of sp³-hybridized carbons (Fsp3) is 0.409. The van der Waals surface area contributed by atoms with Crippen LogP contribution in [0.1, 0.15) is 88.1 Å². The van der Waals surface area contributed by atoms with E-state index >= 15 is 0 Å². The van der Waals surface area contributed by atoms with E-state index < -0.39 is 12.1 Å². The lowest BCUT2D eigenvalue weighted by Crippen LogP contribution is -2.51. The van der Waals surface area contributed by atoms with Gasteiger partial charge in [-0.3, -0.25) is 14.6 Å². The molecule has 8 rings (SSSR count). The number of hydrogen-bond acceptors (Lipinski definition) is 7. The number of carbonyl (C=O) groups excluding carboxylic acids is 3. The average molecular weight is 755 g/mol. The highest BCUT2D eigenvalue weighted by Crippen LogP contribution is 2.56. The third kappa shape index (κ3) is 7.32. The number of nitrogens with one attached hydrogen (secondary N) is 4. The minimum Gasteiger partial charge on any atom is -0.453 e. The zero-order valence-corrected chi connectivity index (χ0v) is 32.4. The highest BCUT2D eigenvalue weighted by Gasteiger charge is 2.52. The van der Waals surface area contributed by atoms with E-state index in [2.05, 4.69) is 79.1 Å². The Morgan fingerprint density at radius 1 is 0.786 bits per heavy atom. The van der Waals surface area contributed by atoms with Gasteiger partial charge in [0.2, 0.25) is 11.8 Å². The summed E-state index contributed by atoms with van der Waals surface area (Å²) in [4.78, 5) is 61.9. The number of rotatable bonds is 11. The van der Waals surface area contributed by atoms with Crippen LogP contribution in [0, 0.1) is 23.7 Å². The molecule has 3 amide bonds. The standard InChI is InChI=1S/C44H50N8O4/c1-25(2)39(51-44(55)56-4)43(54)52-20-6-8-36(52)40-46-23-34(49-40)29-13-9-27(10-14-29)28-11-15-30(16-12-28)35-24-47-41(50-35)37-31-17-18-32(21-31)38(37)42(53)48-26(3)33-7-5-19-45-22-33/h5,7,9-16,19,22-26,31-32,36-39H,6,8,17-18,20-21H2,1-4H3,(H,46,49)(H,47,50)(H,48,53)(H,51,55)/t26?,31?,32?,36-,37+,38?,39-/m0/s1. The largest absolute Gasteiger partial charge is 0.453 e. The fourth-order valence-corrected chi connectivity index (χ4v) is 9.27. The summed E-state index contributed by atoms with van der Waals surface area (Å²) in [6, 6.07) is 19.8. The number of benzene rings is 2. The van der Waals surface area contributed by atoms with Gasteiger partial charge in [-0.25, -0.2) is 14.8 Å². The lowest BCUT2D eigenvalue weighted by Gasteiger charge is -2.30. The van der Waals surface area contributed by atoms with E-state index in [1.165, 1.54) is 7.11 Å². The molecule has 2 aromatic carbocycles. The van der Waals surface area contributed by atoms with Crippen molar-refractivity contribution >= 4 is 17.9 Å². The van der Waals surface area contributed by atoms with Crippen LogP contribution in [0.5, 0.6) is 0 Å². The van der Waals surface area contributed by atoms with Crippen molar-refractivity contribution in [2.75, 3.05) is 13.7 Å². The van der Waals surface area contributed by atoms with Crippen molar-refractivity contribution in [3.8, 4) is 33.6 Å². The van der Waals surface area contributed by atoms with Crippen LogP contribution in [0.2, 0.25) is 0 Å². The number of pyridine rings is 1. The molecular formula is C44H50N8O4. The van der Waals surface area contributed by atoms with Crippen LogP contribution in [0.15, 0.2) is 85.5 Å². The van der Waals surface area contributed by atoms with E-state index in [0.29, 0.717) is 18.4 Å². The van der Waals surface area contributed by atoms with Crippen LogP contribution >= 0.6 is 0 Å². The molecule has 56 heavy (non-hydrogen) atoms. The second-order valence-corrected chi connectivity index (χ2v) is 16.0. The second kappa shape index (κ2) is 15.8. The second-order valence-electron chi connectivity index (χ2n) is 16.0. The zero-order valence-electron chi connectivity index (χ0n) is 32.4. The van der Waals surface area contributed by atoms with Crippen molar-refractivity contribution < 1.29 is 19.1 Å². The third-order valence-electron chi connectivity index (χ3n) is 12.2. The minimum absolute atomic E-state index is 0.0829. The van der Waals surface area contributed by atoms with Crippen LogP contribution in [-0.2, 0) is 14.3 Å². The summed E-state index contributed by atoms with van der Waals surface area (Å²) in [5.74, 6) is 2.37. The Bertz CT molecular complexity index is 2160. The van der Waals surface area contributed by atoms with E-state index in [1.807, 2.05) is 56.4 Å². The maximum absolute atomic E-state index is 13.7. The summed E-state index contributed by atoms with van der Waals surface area (Å²) in [6.07, 6.45) is 11.6. The molecule has 2 saturated carbocycles. The quantitative estimate of drug-likeness (QED) is 0.108. The van der Waals surface area contributed by atoms with Crippen molar-refractivity contribution in [1.82, 2.24) is 40.5 Å². The number of aromatic amines is 2. The van der Waals surface area contributed by atoms with Crippen molar-refractivity contribution in [2.24, 2.45) is 23.7 Å². The molecule has 0 radical (unpaired) electrons. The van der Waals surface area contributed by atoms with E-state index in [4.69, 9.17) is 9.72 Å². The molecule has 4 N–H and O–H groups in total. The Kier molecular flexibility index (Phi) is 10.5. The number of alkyl carbamates (subject to hydrolysis) is 1. The van der Waals surface area contributed by atoms with Gasteiger partial charge in [0.15, 0.2) is 0 Å². The molecule has 2 bridgehead atoms. The van der Waals surface area contributed by atoms with E-state index in [9.17, 15) is 14.4 Å². The number of nitrogens with zero attached hydrogens (tertiary/aromatic N) is 4. The molecule has 290 valence electrons. The number of methoxy groups -OCH3 is 1. The number of ether oxygens (including phenoxy) is 1. The summed E-state index contributed by atoms with van der Waals surface area (Å²) in [6.45, 7) is 6.44.